The number of amides is 2. The van der Waals surface area contributed by atoms with Crippen molar-refractivity contribution in [3.63, 3.8) is 0 Å². The first-order valence-corrected chi connectivity index (χ1v) is 14.8. The Balaban J connectivity index is 1.50. The van der Waals surface area contributed by atoms with Crippen molar-refractivity contribution < 1.29 is 24.2 Å². The lowest BCUT2D eigenvalue weighted by atomic mass is 9.93. The standard InChI is InChI=1S/C36H41N3O5/c1-36(2,3)44-35(42)39-32(23-26-12-6-4-7-13-26)33(40)24-30(38-34(41)43-25-28-14-8-5-9-15-28)22-27-17-19-29(20-18-27)31-16-10-11-21-37-31/h4-21,30,32-33,40H,22-25H2,1-3H3,(H,38,41)(H,39,42)/t30-,32-,33-/m0/s1. The maximum absolute atomic E-state index is 12.9. The molecule has 0 aliphatic carbocycles. The number of carbonyl (C=O) groups is 2. The van der Waals surface area contributed by atoms with Gasteiger partial charge in [0.2, 0.25) is 0 Å². The SMILES string of the molecule is CC(C)(C)OC(=O)N[C@@H](Cc1ccccc1)[C@@H](O)C[C@H](Cc1ccc(-c2ccccn2)cc1)NC(=O)OCc1ccccc1. The average Bonchev–Trinajstić information content (AvgIpc) is 3.00. The first-order chi connectivity index (χ1) is 21.1. The zero-order valence-corrected chi connectivity index (χ0v) is 25.5. The van der Waals surface area contributed by atoms with Crippen molar-refractivity contribution in [3.8, 4) is 11.3 Å². The number of alkyl carbamates (subject to hydrolysis) is 2. The van der Waals surface area contributed by atoms with Crippen molar-refractivity contribution >= 4 is 12.2 Å². The summed E-state index contributed by atoms with van der Waals surface area (Å²) in [6, 6.07) is 31.6. The van der Waals surface area contributed by atoms with Crippen LogP contribution in [0.15, 0.2) is 109 Å². The van der Waals surface area contributed by atoms with E-state index < -0.39 is 36.0 Å². The molecule has 0 aliphatic rings. The molecule has 8 heteroatoms. The Labute approximate surface area is 259 Å². The largest absolute Gasteiger partial charge is 0.445 e. The average molecular weight is 596 g/mol. The number of nitrogens with one attached hydrogen (secondary N) is 2. The zero-order valence-electron chi connectivity index (χ0n) is 25.5. The van der Waals surface area contributed by atoms with Gasteiger partial charge in [-0.1, -0.05) is 91.0 Å². The molecule has 0 radical (unpaired) electrons. The number of benzene rings is 3. The molecule has 0 saturated carbocycles. The predicted octanol–water partition coefficient (Wildman–Crippen LogP) is 6.47. The van der Waals surface area contributed by atoms with E-state index in [4.69, 9.17) is 9.47 Å². The molecule has 0 saturated heterocycles. The second kappa shape index (κ2) is 15.7. The summed E-state index contributed by atoms with van der Waals surface area (Å²) in [7, 11) is 0. The lowest BCUT2D eigenvalue weighted by Gasteiger charge is -2.29. The van der Waals surface area contributed by atoms with Crippen LogP contribution in [0.3, 0.4) is 0 Å². The van der Waals surface area contributed by atoms with Gasteiger partial charge in [0.25, 0.3) is 0 Å². The number of aliphatic hydroxyl groups is 1. The first kappa shape index (κ1) is 32.2. The summed E-state index contributed by atoms with van der Waals surface area (Å²) >= 11 is 0. The molecular formula is C36H41N3O5. The van der Waals surface area contributed by atoms with Crippen molar-refractivity contribution in [2.75, 3.05) is 0 Å². The predicted molar refractivity (Wildman–Crippen MR) is 171 cm³/mol. The second-order valence-electron chi connectivity index (χ2n) is 11.8. The van der Waals surface area contributed by atoms with Gasteiger partial charge in [0, 0.05) is 17.8 Å². The van der Waals surface area contributed by atoms with E-state index in [0.29, 0.717) is 12.8 Å². The van der Waals surface area contributed by atoms with Gasteiger partial charge in [0.15, 0.2) is 0 Å². The third-order valence-corrected chi connectivity index (χ3v) is 6.92. The molecule has 1 heterocycles. The Morgan fingerprint density at radius 1 is 0.750 bits per heavy atom. The van der Waals surface area contributed by atoms with Crippen LogP contribution in [0.2, 0.25) is 0 Å². The molecule has 4 aromatic rings. The highest BCUT2D eigenvalue weighted by molar-refractivity contribution is 5.68. The minimum absolute atomic E-state index is 0.123. The van der Waals surface area contributed by atoms with Gasteiger partial charge in [0.05, 0.1) is 17.8 Å². The molecule has 2 amide bonds. The van der Waals surface area contributed by atoms with E-state index >= 15 is 0 Å². The molecular weight excluding hydrogens is 554 g/mol. The summed E-state index contributed by atoms with van der Waals surface area (Å²) in [5, 5.41) is 17.3. The van der Waals surface area contributed by atoms with E-state index in [9.17, 15) is 14.7 Å². The van der Waals surface area contributed by atoms with E-state index in [1.54, 1.807) is 27.0 Å². The third-order valence-electron chi connectivity index (χ3n) is 6.92. The van der Waals surface area contributed by atoms with Gasteiger partial charge in [-0.25, -0.2) is 9.59 Å². The molecule has 3 atom stereocenters. The van der Waals surface area contributed by atoms with Gasteiger partial charge in [-0.15, -0.1) is 0 Å². The highest BCUT2D eigenvalue weighted by atomic mass is 16.6. The van der Waals surface area contributed by atoms with Crippen molar-refractivity contribution in [3.05, 3.63) is 126 Å². The normalized spacial score (nSPS) is 13.3. The smallest absolute Gasteiger partial charge is 0.407 e. The van der Waals surface area contributed by atoms with Gasteiger partial charge in [-0.3, -0.25) is 4.98 Å². The van der Waals surface area contributed by atoms with Crippen LogP contribution in [0, 0.1) is 0 Å². The number of hydrogen-bond donors (Lipinski definition) is 3. The topological polar surface area (TPSA) is 110 Å². The maximum Gasteiger partial charge on any atom is 0.407 e. The lowest BCUT2D eigenvalue weighted by molar-refractivity contribution is 0.0397. The third kappa shape index (κ3) is 10.9. The number of carbonyl (C=O) groups excluding carboxylic acids is 2. The monoisotopic (exact) mass is 595 g/mol. The van der Waals surface area contributed by atoms with Crippen LogP contribution in [-0.4, -0.2) is 46.1 Å². The van der Waals surface area contributed by atoms with Crippen LogP contribution in [0.25, 0.3) is 11.3 Å². The molecule has 44 heavy (non-hydrogen) atoms. The second-order valence-corrected chi connectivity index (χ2v) is 11.8. The fourth-order valence-electron chi connectivity index (χ4n) is 4.82. The molecule has 4 rings (SSSR count). The number of aromatic nitrogens is 1. The molecule has 3 aromatic carbocycles. The molecule has 1 aromatic heterocycles. The molecule has 8 nitrogen and oxygen atoms in total. The minimum atomic E-state index is -1.00. The summed E-state index contributed by atoms with van der Waals surface area (Å²) in [4.78, 5) is 30.1. The van der Waals surface area contributed by atoms with Gasteiger partial charge in [-0.2, -0.15) is 0 Å². The van der Waals surface area contributed by atoms with Crippen LogP contribution in [0.1, 0.15) is 43.9 Å². The summed E-state index contributed by atoms with van der Waals surface area (Å²) in [6.07, 6.45) is 0.522. The van der Waals surface area contributed by atoms with Crippen molar-refractivity contribution in [2.24, 2.45) is 0 Å². The summed E-state index contributed by atoms with van der Waals surface area (Å²) < 4.78 is 11.0. The summed E-state index contributed by atoms with van der Waals surface area (Å²) in [5.74, 6) is 0. The van der Waals surface area contributed by atoms with Crippen molar-refractivity contribution in [2.45, 2.75) is 70.4 Å². The van der Waals surface area contributed by atoms with Crippen LogP contribution in [0.4, 0.5) is 9.59 Å². The molecule has 0 bridgehead atoms. The Bertz CT molecular complexity index is 1440. The van der Waals surface area contributed by atoms with Gasteiger partial charge in [-0.05, 0) is 68.9 Å². The Morgan fingerprint density at radius 3 is 1.98 bits per heavy atom. The Morgan fingerprint density at radius 2 is 1.36 bits per heavy atom. The van der Waals surface area contributed by atoms with Crippen LogP contribution in [-0.2, 0) is 28.9 Å². The van der Waals surface area contributed by atoms with Crippen LogP contribution in [0.5, 0.6) is 0 Å². The fourth-order valence-corrected chi connectivity index (χ4v) is 4.82. The number of hydrogen-bond acceptors (Lipinski definition) is 6. The van der Waals surface area contributed by atoms with Crippen molar-refractivity contribution in [1.82, 2.24) is 15.6 Å². The lowest BCUT2D eigenvalue weighted by Crippen LogP contribution is -2.49. The van der Waals surface area contributed by atoms with E-state index in [1.165, 1.54) is 0 Å². The molecule has 0 aliphatic heterocycles. The van der Waals surface area contributed by atoms with E-state index in [2.05, 4.69) is 15.6 Å². The van der Waals surface area contributed by atoms with Crippen LogP contribution >= 0.6 is 0 Å². The maximum atomic E-state index is 12.9. The molecule has 230 valence electrons. The number of pyridine rings is 1. The Hall–Kier alpha value is -4.69. The summed E-state index contributed by atoms with van der Waals surface area (Å²) in [6.45, 7) is 5.48. The van der Waals surface area contributed by atoms with E-state index in [0.717, 1.165) is 27.9 Å². The van der Waals surface area contributed by atoms with Gasteiger partial charge in [0.1, 0.15) is 12.2 Å². The van der Waals surface area contributed by atoms with E-state index in [1.807, 2.05) is 103 Å². The molecule has 3 N–H and O–H groups in total. The quantitative estimate of drug-likeness (QED) is 0.173. The molecule has 0 unspecified atom stereocenters. The fraction of sp³-hybridized carbons (Fsp3) is 0.306. The molecule has 0 fully saturated rings. The Kier molecular flexibility index (Phi) is 11.5. The number of rotatable bonds is 12. The molecule has 0 spiro atoms. The zero-order chi connectivity index (χ0) is 31.4. The highest BCUT2D eigenvalue weighted by Crippen LogP contribution is 2.20. The minimum Gasteiger partial charge on any atom is -0.445 e. The van der Waals surface area contributed by atoms with E-state index in [-0.39, 0.29) is 13.0 Å². The number of aliphatic hydroxyl groups excluding tert-OH is 1. The van der Waals surface area contributed by atoms with Gasteiger partial charge >= 0.3 is 12.2 Å². The number of nitrogens with zero attached hydrogens (tertiary/aromatic N) is 1. The summed E-state index contributed by atoms with van der Waals surface area (Å²) in [5.41, 5.74) is 3.93. The van der Waals surface area contributed by atoms with Crippen molar-refractivity contribution in [1.29, 1.82) is 0 Å². The first-order valence-electron chi connectivity index (χ1n) is 14.8. The highest BCUT2D eigenvalue weighted by Gasteiger charge is 2.28. The van der Waals surface area contributed by atoms with Gasteiger partial charge < -0.3 is 25.2 Å². The number of ether oxygens (including phenoxy) is 2. The van der Waals surface area contributed by atoms with Crippen LogP contribution < -0.4 is 10.6 Å².